The Morgan fingerprint density at radius 3 is 2.80 bits per heavy atom. The summed E-state index contributed by atoms with van der Waals surface area (Å²) in [6.07, 6.45) is 0.0561. The molecule has 0 aliphatic heterocycles. The maximum atomic E-state index is 13.3. The minimum Gasteiger partial charge on any atom is -0.507 e. The van der Waals surface area contributed by atoms with Crippen LogP contribution in [0.4, 0.5) is 4.39 Å². The lowest BCUT2D eigenvalue weighted by molar-refractivity contribution is -0.121. The molecular formula is C18H17FN4O2. The number of hydrogen-bond donors (Lipinski definition) is 3. The quantitative estimate of drug-likeness (QED) is 0.623. The lowest BCUT2D eigenvalue weighted by Crippen LogP contribution is -2.37. The van der Waals surface area contributed by atoms with Crippen LogP contribution in [0.15, 0.2) is 49.0 Å². The van der Waals surface area contributed by atoms with Crippen LogP contribution in [-0.4, -0.2) is 20.6 Å². The van der Waals surface area contributed by atoms with Crippen molar-refractivity contribution in [3.63, 3.8) is 0 Å². The van der Waals surface area contributed by atoms with Crippen LogP contribution in [0.25, 0.3) is 16.7 Å². The molecule has 0 atom stereocenters. The van der Waals surface area contributed by atoms with E-state index in [4.69, 9.17) is 0 Å². The van der Waals surface area contributed by atoms with E-state index in [0.29, 0.717) is 5.82 Å². The highest BCUT2D eigenvalue weighted by atomic mass is 19.1. The van der Waals surface area contributed by atoms with Gasteiger partial charge in [-0.3, -0.25) is 15.6 Å². The first kappa shape index (κ1) is 16.5. The van der Waals surface area contributed by atoms with Gasteiger partial charge in [0.2, 0.25) is 5.91 Å². The van der Waals surface area contributed by atoms with Gasteiger partial charge in [0.1, 0.15) is 17.4 Å². The Morgan fingerprint density at radius 1 is 1.28 bits per heavy atom. The van der Waals surface area contributed by atoms with Gasteiger partial charge in [0.25, 0.3) is 0 Å². The van der Waals surface area contributed by atoms with Gasteiger partial charge in [0.15, 0.2) is 0 Å². The third kappa shape index (κ3) is 3.45. The number of hydrazine groups is 1. The third-order valence-corrected chi connectivity index (χ3v) is 3.83. The Hall–Kier alpha value is -3.35. The normalized spacial score (nSPS) is 10.6. The highest BCUT2D eigenvalue weighted by Crippen LogP contribution is 2.22. The molecule has 0 saturated heterocycles. The van der Waals surface area contributed by atoms with E-state index < -0.39 is 5.82 Å². The lowest BCUT2D eigenvalue weighted by Gasteiger charge is -2.12. The van der Waals surface area contributed by atoms with E-state index in [2.05, 4.69) is 22.4 Å². The van der Waals surface area contributed by atoms with Crippen LogP contribution >= 0.6 is 0 Å². The number of rotatable bonds is 5. The van der Waals surface area contributed by atoms with Gasteiger partial charge in [0, 0.05) is 12.6 Å². The number of carbonyl (C=O) groups excluding carboxylic acids is 1. The van der Waals surface area contributed by atoms with E-state index >= 15 is 0 Å². The van der Waals surface area contributed by atoms with Crippen LogP contribution in [0.2, 0.25) is 0 Å². The summed E-state index contributed by atoms with van der Waals surface area (Å²) in [6.45, 7) is 3.68. The Morgan fingerprint density at radius 2 is 2.04 bits per heavy atom. The number of amides is 1. The van der Waals surface area contributed by atoms with Gasteiger partial charge in [-0.2, -0.15) is 0 Å². The van der Waals surface area contributed by atoms with Crippen molar-refractivity contribution in [2.45, 2.75) is 6.42 Å². The van der Waals surface area contributed by atoms with Crippen LogP contribution in [-0.2, 0) is 18.3 Å². The summed E-state index contributed by atoms with van der Waals surface area (Å²) in [5.74, 6) is -0.375. The van der Waals surface area contributed by atoms with E-state index in [9.17, 15) is 14.3 Å². The maximum Gasteiger partial charge on any atom is 0.245 e. The van der Waals surface area contributed by atoms with Crippen molar-refractivity contribution in [3.05, 3.63) is 66.2 Å². The number of aryl methyl sites for hydroxylation is 1. The van der Waals surface area contributed by atoms with E-state index in [1.54, 1.807) is 0 Å². The molecule has 0 spiro atoms. The standard InChI is InChI=1S/C18H17FN4O2/c1-11(13-9-12(19)7-8-16(13)24)21-22-18(25)10-17-20-14-5-3-4-6-15(14)23(17)2/h3-9,21,24H,1,10H2,2H3,(H,22,25). The Balaban J connectivity index is 1.65. The number of phenolic OH excluding ortho intramolecular Hbond substituents is 1. The summed E-state index contributed by atoms with van der Waals surface area (Å²) in [7, 11) is 1.84. The average molecular weight is 340 g/mol. The van der Waals surface area contributed by atoms with Gasteiger partial charge in [0.05, 0.1) is 23.2 Å². The first-order valence-corrected chi connectivity index (χ1v) is 7.58. The van der Waals surface area contributed by atoms with E-state index in [1.165, 1.54) is 6.07 Å². The van der Waals surface area contributed by atoms with Crippen molar-refractivity contribution in [1.29, 1.82) is 0 Å². The summed E-state index contributed by atoms with van der Waals surface area (Å²) >= 11 is 0. The summed E-state index contributed by atoms with van der Waals surface area (Å²) in [5.41, 5.74) is 7.15. The van der Waals surface area contributed by atoms with Gasteiger partial charge in [-0.15, -0.1) is 0 Å². The Labute approximate surface area is 143 Å². The lowest BCUT2D eigenvalue weighted by atomic mass is 10.1. The van der Waals surface area contributed by atoms with E-state index in [0.717, 1.165) is 23.2 Å². The average Bonchev–Trinajstić information content (AvgIpc) is 2.91. The monoisotopic (exact) mass is 340 g/mol. The Kier molecular flexibility index (Phi) is 4.38. The van der Waals surface area contributed by atoms with Crippen molar-refractivity contribution in [3.8, 4) is 5.75 Å². The topological polar surface area (TPSA) is 79.2 Å². The molecule has 25 heavy (non-hydrogen) atoms. The highest BCUT2D eigenvalue weighted by molar-refractivity contribution is 5.81. The van der Waals surface area contributed by atoms with Crippen molar-refractivity contribution >= 4 is 22.6 Å². The molecule has 0 radical (unpaired) electrons. The SMILES string of the molecule is C=C(NNC(=O)Cc1nc2ccccc2n1C)c1cc(F)ccc1O. The van der Waals surface area contributed by atoms with Crippen LogP contribution < -0.4 is 10.9 Å². The fourth-order valence-electron chi connectivity index (χ4n) is 2.50. The predicted octanol–water partition coefficient (Wildman–Crippen LogP) is 2.25. The molecule has 2 aromatic carbocycles. The molecule has 0 bridgehead atoms. The molecule has 0 fully saturated rings. The van der Waals surface area contributed by atoms with Gasteiger partial charge in [-0.25, -0.2) is 9.37 Å². The second kappa shape index (κ2) is 6.64. The number of nitrogens with zero attached hydrogens (tertiary/aromatic N) is 2. The van der Waals surface area contributed by atoms with E-state index in [-0.39, 0.29) is 29.3 Å². The zero-order valence-corrected chi connectivity index (χ0v) is 13.6. The predicted molar refractivity (Wildman–Crippen MR) is 92.8 cm³/mol. The molecule has 0 unspecified atom stereocenters. The number of aromatic nitrogens is 2. The summed E-state index contributed by atoms with van der Waals surface area (Å²) in [4.78, 5) is 16.6. The number of phenols is 1. The maximum absolute atomic E-state index is 13.3. The second-order valence-corrected chi connectivity index (χ2v) is 5.57. The minimum absolute atomic E-state index is 0.0561. The molecule has 1 amide bonds. The molecular weight excluding hydrogens is 323 g/mol. The summed E-state index contributed by atoms with van der Waals surface area (Å²) in [5, 5.41) is 9.73. The molecule has 0 aliphatic rings. The Bertz CT molecular complexity index is 965. The zero-order valence-electron chi connectivity index (χ0n) is 13.6. The number of para-hydroxylation sites is 2. The van der Waals surface area contributed by atoms with Crippen LogP contribution in [0.3, 0.4) is 0 Å². The smallest absolute Gasteiger partial charge is 0.245 e. The molecule has 128 valence electrons. The number of imidazole rings is 1. The summed E-state index contributed by atoms with van der Waals surface area (Å²) < 4.78 is 15.1. The summed E-state index contributed by atoms with van der Waals surface area (Å²) in [6, 6.07) is 11.1. The number of carbonyl (C=O) groups is 1. The number of nitrogens with one attached hydrogen (secondary N) is 2. The molecule has 0 aliphatic carbocycles. The van der Waals surface area contributed by atoms with Gasteiger partial charge in [-0.1, -0.05) is 18.7 Å². The zero-order chi connectivity index (χ0) is 18.0. The third-order valence-electron chi connectivity index (χ3n) is 3.83. The van der Waals surface area contributed by atoms with Crippen LogP contribution in [0.1, 0.15) is 11.4 Å². The van der Waals surface area contributed by atoms with E-state index in [1.807, 2.05) is 35.9 Å². The minimum atomic E-state index is -0.512. The van der Waals surface area contributed by atoms with Crippen molar-refractivity contribution in [2.75, 3.05) is 0 Å². The van der Waals surface area contributed by atoms with Crippen molar-refractivity contribution in [2.24, 2.45) is 7.05 Å². The number of hydrogen-bond acceptors (Lipinski definition) is 4. The first-order valence-electron chi connectivity index (χ1n) is 7.58. The van der Waals surface area contributed by atoms with Crippen LogP contribution in [0, 0.1) is 5.82 Å². The molecule has 6 nitrogen and oxygen atoms in total. The first-order chi connectivity index (χ1) is 12.0. The van der Waals surface area contributed by atoms with Gasteiger partial charge >= 0.3 is 0 Å². The van der Waals surface area contributed by atoms with Crippen molar-refractivity contribution < 1.29 is 14.3 Å². The number of fused-ring (bicyclic) bond motifs is 1. The number of benzene rings is 2. The fourth-order valence-corrected chi connectivity index (χ4v) is 2.50. The number of aromatic hydroxyl groups is 1. The highest BCUT2D eigenvalue weighted by Gasteiger charge is 2.12. The molecule has 3 N–H and O–H groups in total. The molecule has 1 aromatic heterocycles. The largest absolute Gasteiger partial charge is 0.507 e. The molecule has 0 saturated carbocycles. The molecule has 3 rings (SSSR count). The second-order valence-electron chi connectivity index (χ2n) is 5.57. The molecule has 1 heterocycles. The van der Waals surface area contributed by atoms with Crippen molar-refractivity contribution in [1.82, 2.24) is 20.4 Å². The fraction of sp³-hybridized carbons (Fsp3) is 0.111. The van der Waals surface area contributed by atoms with Gasteiger partial charge in [-0.05, 0) is 30.3 Å². The molecule has 7 heteroatoms. The van der Waals surface area contributed by atoms with Gasteiger partial charge < -0.3 is 9.67 Å². The molecule has 3 aromatic rings. The number of halogens is 1. The van der Waals surface area contributed by atoms with Crippen LogP contribution in [0.5, 0.6) is 5.75 Å².